The van der Waals surface area contributed by atoms with Crippen molar-refractivity contribution in [2.45, 2.75) is 59.0 Å². The molecule has 19 heavy (non-hydrogen) atoms. The topological polar surface area (TPSA) is 58.0 Å². The van der Waals surface area contributed by atoms with E-state index in [2.05, 4.69) is 15.3 Å². The van der Waals surface area contributed by atoms with Gasteiger partial charge in [-0.05, 0) is 20.3 Å². The van der Waals surface area contributed by atoms with Gasteiger partial charge in [0.15, 0.2) is 0 Å². The lowest BCUT2D eigenvalue weighted by Crippen LogP contribution is -2.33. The van der Waals surface area contributed by atoms with Crippen molar-refractivity contribution in [3.8, 4) is 0 Å². The van der Waals surface area contributed by atoms with Crippen LogP contribution in [0.3, 0.4) is 0 Å². The van der Waals surface area contributed by atoms with Gasteiger partial charge in [0, 0.05) is 17.5 Å². The number of aromatic nitrogens is 2. The number of halogens is 1. The second-order valence-electron chi connectivity index (χ2n) is 6.27. The zero-order valence-corrected chi connectivity index (χ0v) is 13.4. The fourth-order valence-corrected chi connectivity index (χ4v) is 1.57. The van der Waals surface area contributed by atoms with Gasteiger partial charge in [0.05, 0.1) is 5.60 Å². The van der Waals surface area contributed by atoms with Crippen molar-refractivity contribution >= 4 is 17.4 Å². The lowest BCUT2D eigenvalue weighted by Gasteiger charge is -2.24. The second-order valence-corrected chi connectivity index (χ2v) is 6.62. The van der Waals surface area contributed by atoms with E-state index in [4.69, 9.17) is 11.6 Å². The average Bonchev–Trinajstić information content (AvgIpc) is 2.29. The number of aliphatic hydroxyl groups is 1. The molecule has 1 unspecified atom stereocenters. The third-order valence-electron chi connectivity index (χ3n) is 3.16. The first kappa shape index (κ1) is 16.2. The number of nitrogens with zero attached hydrogens (tertiary/aromatic N) is 2. The lowest BCUT2D eigenvalue weighted by atomic mass is 9.95. The highest BCUT2D eigenvalue weighted by Crippen LogP contribution is 2.26. The molecule has 0 aliphatic heterocycles. The molecule has 0 saturated heterocycles. The molecular formula is C14H24ClN3O. The third kappa shape index (κ3) is 4.32. The van der Waals surface area contributed by atoms with Crippen LogP contribution in [0, 0.1) is 6.92 Å². The summed E-state index contributed by atoms with van der Waals surface area (Å²) in [6.45, 7) is 12.2. The van der Waals surface area contributed by atoms with E-state index in [9.17, 15) is 5.11 Å². The maximum atomic E-state index is 10.0. The largest absolute Gasteiger partial charge is 0.388 e. The molecule has 0 radical (unpaired) electrons. The van der Waals surface area contributed by atoms with Crippen LogP contribution in [0.2, 0.25) is 5.15 Å². The van der Waals surface area contributed by atoms with Crippen LogP contribution < -0.4 is 5.32 Å². The molecule has 1 atom stereocenters. The van der Waals surface area contributed by atoms with E-state index >= 15 is 0 Å². The van der Waals surface area contributed by atoms with E-state index < -0.39 is 5.60 Å². The molecule has 1 rings (SSSR count). The van der Waals surface area contributed by atoms with Crippen LogP contribution >= 0.6 is 11.6 Å². The molecule has 0 bridgehead atoms. The van der Waals surface area contributed by atoms with E-state index in [0.29, 0.717) is 29.8 Å². The minimum atomic E-state index is -0.758. The molecule has 1 aromatic rings. The third-order valence-corrected chi connectivity index (χ3v) is 3.52. The van der Waals surface area contributed by atoms with Crippen LogP contribution in [0.25, 0.3) is 0 Å². The number of hydrogen-bond acceptors (Lipinski definition) is 4. The first-order valence-corrected chi connectivity index (χ1v) is 6.95. The maximum Gasteiger partial charge on any atom is 0.137 e. The summed E-state index contributed by atoms with van der Waals surface area (Å²) < 4.78 is 0. The molecule has 0 aromatic carbocycles. The van der Waals surface area contributed by atoms with Gasteiger partial charge in [0.25, 0.3) is 0 Å². The number of hydrogen-bond donors (Lipinski definition) is 2. The van der Waals surface area contributed by atoms with Crippen LogP contribution in [0.1, 0.15) is 52.4 Å². The summed E-state index contributed by atoms with van der Waals surface area (Å²) in [6, 6.07) is 0. The first-order chi connectivity index (χ1) is 8.57. The number of anilines is 1. The zero-order valence-electron chi connectivity index (χ0n) is 12.6. The van der Waals surface area contributed by atoms with Crippen LogP contribution in [0.15, 0.2) is 0 Å². The van der Waals surface area contributed by atoms with Crippen LogP contribution in [0.4, 0.5) is 5.82 Å². The predicted molar refractivity (Wildman–Crippen MR) is 79.9 cm³/mol. The number of rotatable bonds is 4. The van der Waals surface area contributed by atoms with E-state index in [1.165, 1.54) is 0 Å². The number of nitrogens with one attached hydrogen (secondary N) is 1. The quantitative estimate of drug-likeness (QED) is 0.834. The summed E-state index contributed by atoms with van der Waals surface area (Å²) >= 11 is 6.16. The van der Waals surface area contributed by atoms with Crippen molar-refractivity contribution in [3.05, 3.63) is 16.5 Å². The second kappa shape index (κ2) is 5.63. The Bertz CT molecular complexity index is 453. The molecule has 4 nitrogen and oxygen atoms in total. The Hall–Kier alpha value is -0.870. The van der Waals surface area contributed by atoms with Gasteiger partial charge in [0.2, 0.25) is 0 Å². The van der Waals surface area contributed by atoms with Crippen molar-refractivity contribution in [1.29, 1.82) is 0 Å². The SMILES string of the molecule is CCC(C)(O)CNc1nc(C(C)(C)C)nc(Cl)c1C. The average molecular weight is 286 g/mol. The minimum Gasteiger partial charge on any atom is -0.388 e. The van der Waals surface area contributed by atoms with Gasteiger partial charge in [-0.3, -0.25) is 0 Å². The van der Waals surface area contributed by atoms with Crippen molar-refractivity contribution < 1.29 is 5.11 Å². The lowest BCUT2D eigenvalue weighted by molar-refractivity contribution is 0.0696. The smallest absolute Gasteiger partial charge is 0.137 e. The van der Waals surface area contributed by atoms with Gasteiger partial charge in [0.1, 0.15) is 16.8 Å². The van der Waals surface area contributed by atoms with Crippen LogP contribution in [0.5, 0.6) is 0 Å². The Morgan fingerprint density at radius 3 is 2.26 bits per heavy atom. The summed E-state index contributed by atoms with van der Waals surface area (Å²) in [7, 11) is 0. The van der Waals surface area contributed by atoms with Gasteiger partial charge in [-0.25, -0.2) is 9.97 Å². The predicted octanol–water partition coefficient (Wildman–Crippen LogP) is 3.31. The van der Waals surface area contributed by atoms with Crippen molar-refractivity contribution in [2.24, 2.45) is 0 Å². The fourth-order valence-electron chi connectivity index (χ4n) is 1.40. The van der Waals surface area contributed by atoms with E-state index in [0.717, 1.165) is 5.56 Å². The summed E-state index contributed by atoms with van der Waals surface area (Å²) in [6.07, 6.45) is 0.671. The monoisotopic (exact) mass is 285 g/mol. The summed E-state index contributed by atoms with van der Waals surface area (Å²) in [5.74, 6) is 1.39. The van der Waals surface area contributed by atoms with Gasteiger partial charge < -0.3 is 10.4 Å². The van der Waals surface area contributed by atoms with Gasteiger partial charge in [-0.15, -0.1) is 0 Å². The molecule has 0 aliphatic carbocycles. The molecule has 1 heterocycles. The molecule has 0 saturated carbocycles. The van der Waals surface area contributed by atoms with Crippen molar-refractivity contribution in [2.75, 3.05) is 11.9 Å². The standard InChI is InChI=1S/C14H24ClN3O/c1-7-14(6,19)8-16-11-9(2)10(15)17-12(18-11)13(3,4)5/h19H,7-8H2,1-6H3,(H,16,17,18). The normalized spacial score (nSPS) is 15.2. The summed E-state index contributed by atoms with van der Waals surface area (Å²) in [5.41, 5.74) is -0.117. The van der Waals surface area contributed by atoms with Crippen molar-refractivity contribution in [1.82, 2.24) is 9.97 Å². The Balaban J connectivity index is 3.04. The van der Waals surface area contributed by atoms with Crippen LogP contribution in [-0.4, -0.2) is 27.2 Å². The van der Waals surface area contributed by atoms with Gasteiger partial charge in [-0.2, -0.15) is 0 Å². The van der Waals surface area contributed by atoms with Gasteiger partial charge >= 0.3 is 0 Å². The highest BCUT2D eigenvalue weighted by atomic mass is 35.5. The maximum absolute atomic E-state index is 10.0. The molecule has 0 fully saturated rings. The molecule has 5 heteroatoms. The summed E-state index contributed by atoms with van der Waals surface area (Å²) in [5, 5.41) is 13.7. The molecule has 0 spiro atoms. The van der Waals surface area contributed by atoms with Crippen molar-refractivity contribution in [3.63, 3.8) is 0 Å². The molecular weight excluding hydrogens is 262 g/mol. The van der Waals surface area contributed by atoms with E-state index in [-0.39, 0.29) is 5.41 Å². The highest BCUT2D eigenvalue weighted by Gasteiger charge is 2.22. The minimum absolute atomic E-state index is 0.166. The summed E-state index contributed by atoms with van der Waals surface area (Å²) in [4.78, 5) is 8.85. The zero-order chi connectivity index (χ0) is 14.8. The Morgan fingerprint density at radius 1 is 1.21 bits per heavy atom. The Kier molecular flexibility index (Phi) is 4.80. The highest BCUT2D eigenvalue weighted by molar-refractivity contribution is 6.30. The Morgan fingerprint density at radius 2 is 1.79 bits per heavy atom. The molecule has 0 amide bonds. The fraction of sp³-hybridized carbons (Fsp3) is 0.714. The van der Waals surface area contributed by atoms with Crippen LogP contribution in [-0.2, 0) is 5.41 Å². The van der Waals surface area contributed by atoms with E-state index in [1.807, 2.05) is 34.6 Å². The van der Waals surface area contributed by atoms with Gasteiger partial charge in [-0.1, -0.05) is 39.3 Å². The first-order valence-electron chi connectivity index (χ1n) is 6.57. The molecule has 1 aromatic heterocycles. The Labute approximate surface area is 120 Å². The molecule has 0 aliphatic rings. The molecule has 2 N–H and O–H groups in total. The van der Waals surface area contributed by atoms with E-state index in [1.54, 1.807) is 6.92 Å². The molecule has 108 valence electrons.